The largest absolute Gasteiger partial charge is 0.375 e. The first kappa shape index (κ1) is 9.47. The van der Waals surface area contributed by atoms with Crippen molar-refractivity contribution in [3.05, 3.63) is 0 Å². The quantitative estimate of drug-likeness (QED) is 0.649. The number of hydrogen-bond donors (Lipinski definition) is 0. The average Bonchev–Trinajstić information content (AvgIpc) is 2.33. The molecule has 2 aliphatic heterocycles. The highest BCUT2D eigenvalue weighted by atomic mass is 16.5. The Balaban J connectivity index is 1.91. The zero-order valence-corrected chi connectivity index (χ0v) is 8.99. The third-order valence-corrected chi connectivity index (χ3v) is 3.52. The van der Waals surface area contributed by atoms with Gasteiger partial charge in [0.05, 0.1) is 12.2 Å². The lowest BCUT2D eigenvalue weighted by atomic mass is 10.0. The Morgan fingerprint density at radius 1 is 1.15 bits per heavy atom. The molecule has 2 nitrogen and oxygen atoms in total. The molecule has 2 heterocycles. The van der Waals surface area contributed by atoms with Gasteiger partial charge < -0.3 is 9.64 Å². The maximum absolute atomic E-state index is 5.89. The van der Waals surface area contributed by atoms with Crippen molar-refractivity contribution in [1.29, 1.82) is 0 Å². The first-order valence-electron chi connectivity index (χ1n) is 5.54. The van der Waals surface area contributed by atoms with Gasteiger partial charge in [0.2, 0.25) is 0 Å². The lowest BCUT2D eigenvalue weighted by molar-refractivity contribution is -0.0423. The standard InChI is InChI=1S/C11H21NO/c1-8(2)13-11-6-9-4-5-10(7-11)12(9)3/h8-11H,4-7H2,1-3H3/t9-,10+,11+. The van der Waals surface area contributed by atoms with Crippen LogP contribution >= 0.6 is 0 Å². The highest BCUT2D eigenvalue weighted by molar-refractivity contribution is 4.93. The maximum atomic E-state index is 5.89. The summed E-state index contributed by atoms with van der Waals surface area (Å²) in [6.45, 7) is 4.28. The van der Waals surface area contributed by atoms with Gasteiger partial charge >= 0.3 is 0 Å². The van der Waals surface area contributed by atoms with Crippen LogP contribution in [0, 0.1) is 0 Å². The third kappa shape index (κ3) is 1.89. The Bertz CT molecular complexity index is 167. The molecule has 0 spiro atoms. The summed E-state index contributed by atoms with van der Waals surface area (Å²) in [5.74, 6) is 0. The zero-order valence-electron chi connectivity index (χ0n) is 8.99. The maximum Gasteiger partial charge on any atom is 0.0608 e. The molecule has 2 rings (SSSR count). The smallest absolute Gasteiger partial charge is 0.0608 e. The van der Waals surface area contributed by atoms with E-state index in [0.29, 0.717) is 12.2 Å². The molecule has 76 valence electrons. The minimum absolute atomic E-state index is 0.396. The van der Waals surface area contributed by atoms with Crippen LogP contribution in [0.2, 0.25) is 0 Å². The normalized spacial score (nSPS) is 40.2. The van der Waals surface area contributed by atoms with Crippen molar-refractivity contribution in [2.24, 2.45) is 0 Å². The Kier molecular flexibility index (Phi) is 2.61. The molecule has 13 heavy (non-hydrogen) atoms. The van der Waals surface area contributed by atoms with Gasteiger partial charge in [-0.25, -0.2) is 0 Å². The van der Waals surface area contributed by atoms with Gasteiger partial charge in [0, 0.05) is 12.1 Å². The van der Waals surface area contributed by atoms with E-state index in [9.17, 15) is 0 Å². The van der Waals surface area contributed by atoms with E-state index < -0.39 is 0 Å². The highest BCUT2D eigenvalue weighted by Gasteiger charge is 2.38. The van der Waals surface area contributed by atoms with Crippen LogP contribution in [0.15, 0.2) is 0 Å². The van der Waals surface area contributed by atoms with E-state index in [0.717, 1.165) is 12.1 Å². The number of ether oxygens (including phenoxy) is 1. The van der Waals surface area contributed by atoms with Gasteiger partial charge in [-0.3, -0.25) is 0 Å². The second-order valence-electron chi connectivity index (χ2n) is 4.83. The van der Waals surface area contributed by atoms with Crippen LogP contribution in [0.5, 0.6) is 0 Å². The van der Waals surface area contributed by atoms with Crippen molar-refractivity contribution < 1.29 is 4.74 Å². The number of nitrogens with zero attached hydrogens (tertiary/aromatic N) is 1. The fourth-order valence-corrected chi connectivity index (χ4v) is 2.86. The average molecular weight is 183 g/mol. The molecule has 0 aliphatic carbocycles. The molecule has 2 heteroatoms. The molecule has 0 aromatic heterocycles. The fourth-order valence-electron chi connectivity index (χ4n) is 2.86. The van der Waals surface area contributed by atoms with E-state index in [1.54, 1.807) is 0 Å². The summed E-state index contributed by atoms with van der Waals surface area (Å²) >= 11 is 0. The summed E-state index contributed by atoms with van der Waals surface area (Å²) in [4.78, 5) is 2.56. The van der Waals surface area contributed by atoms with Crippen LogP contribution in [-0.2, 0) is 4.74 Å². The third-order valence-electron chi connectivity index (χ3n) is 3.52. The first-order valence-corrected chi connectivity index (χ1v) is 5.54. The van der Waals surface area contributed by atoms with E-state index in [4.69, 9.17) is 4.74 Å². The minimum Gasteiger partial charge on any atom is -0.375 e. The zero-order chi connectivity index (χ0) is 9.42. The lowest BCUT2D eigenvalue weighted by Gasteiger charge is -2.36. The van der Waals surface area contributed by atoms with Gasteiger partial charge in [0.25, 0.3) is 0 Å². The van der Waals surface area contributed by atoms with Crippen molar-refractivity contribution in [3.8, 4) is 0 Å². The summed E-state index contributed by atoms with van der Waals surface area (Å²) in [6.07, 6.45) is 6.22. The molecule has 2 fully saturated rings. The highest BCUT2D eigenvalue weighted by Crippen LogP contribution is 2.35. The van der Waals surface area contributed by atoms with Crippen molar-refractivity contribution in [2.75, 3.05) is 7.05 Å². The van der Waals surface area contributed by atoms with Crippen LogP contribution in [0.3, 0.4) is 0 Å². The van der Waals surface area contributed by atoms with Crippen LogP contribution < -0.4 is 0 Å². The van der Waals surface area contributed by atoms with Gasteiger partial charge in [0.1, 0.15) is 0 Å². The van der Waals surface area contributed by atoms with Gasteiger partial charge in [0.15, 0.2) is 0 Å². The summed E-state index contributed by atoms with van der Waals surface area (Å²) < 4.78 is 5.89. The van der Waals surface area contributed by atoms with Crippen molar-refractivity contribution >= 4 is 0 Å². The van der Waals surface area contributed by atoms with E-state index in [2.05, 4.69) is 25.8 Å². The second kappa shape index (κ2) is 3.58. The topological polar surface area (TPSA) is 12.5 Å². The molecular formula is C11H21NO. The predicted octanol–water partition coefficient (Wildman–Crippen LogP) is 2.04. The molecule has 0 unspecified atom stereocenters. The molecular weight excluding hydrogens is 162 g/mol. The summed E-state index contributed by atoms with van der Waals surface area (Å²) in [6, 6.07) is 1.62. The van der Waals surface area contributed by atoms with E-state index in [1.165, 1.54) is 25.7 Å². The molecule has 0 aromatic rings. The van der Waals surface area contributed by atoms with Gasteiger partial charge in [-0.1, -0.05) is 0 Å². The summed E-state index contributed by atoms with van der Waals surface area (Å²) in [5, 5.41) is 0. The van der Waals surface area contributed by atoms with Crippen molar-refractivity contribution in [1.82, 2.24) is 4.90 Å². The molecule has 0 radical (unpaired) electrons. The Hall–Kier alpha value is -0.0800. The van der Waals surface area contributed by atoms with Gasteiger partial charge in [-0.2, -0.15) is 0 Å². The van der Waals surface area contributed by atoms with Crippen LogP contribution in [0.4, 0.5) is 0 Å². The monoisotopic (exact) mass is 183 g/mol. The number of piperidine rings is 1. The Morgan fingerprint density at radius 3 is 2.15 bits per heavy atom. The molecule has 2 saturated heterocycles. The van der Waals surface area contributed by atoms with E-state index in [1.807, 2.05) is 0 Å². The van der Waals surface area contributed by atoms with Crippen LogP contribution in [-0.4, -0.2) is 36.2 Å². The molecule has 0 amide bonds. The molecule has 0 aromatic carbocycles. The fraction of sp³-hybridized carbons (Fsp3) is 1.00. The lowest BCUT2D eigenvalue weighted by Crippen LogP contribution is -2.43. The molecule has 0 N–H and O–H groups in total. The number of rotatable bonds is 2. The first-order chi connectivity index (χ1) is 6.16. The Morgan fingerprint density at radius 2 is 1.69 bits per heavy atom. The summed E-state index contributed by atoms with van der Waals surface area (Å²) in [5.41, 5.74) is 0. The van der Waals surface area contributed by atoms with E-state index in [-0.39, 0.29) is 0 Å². The van der Waals surface area contributed by atoms with Crippen molar-refractivity contribution in [2.45, 2.75) is 63.8 Å². The van der Waals surface area contributed by atoms with Crippen LogP contribution in [0.1, 0.15) is 39.5 Å². The molecule has 2 aliphatic rings. The summed E-state index contributed by atoms with van der Waals surface area (Å²) in [7, 11) is 2.27. The number of hydrogen-bond acceptors (Lipinski definition) is 2. The van der Waals surface area contributed by atoms with Crippen molar-refractivity contribution in [3.63, 3.8) is 0 Å². The van der Waals surface area contributed by atoms with Crippen LogP contribution in [0.25, 0.3) is 0 Å². The second-order valence-corrected chi connectivity index (χ2v) is 4.83. The van der Waals surface area contributed by atoms with Gasteiger partial charge in [-0.05, 0) is 46.6 Å². The Labute approximate surface area is 81.3 Å². The minimum atomic E-state index is 0.396. The van der Waals surface area contributed by atoms with Gasteiger partial charge in [-0.15, -0.1) is 0 Å². The SMILES string of the molecule is CC(C)O[C@H]1C[C@H]2CC[C@@H](C1)N2C. The predicted molar refractivity (Wildman–Crippen MR) is 53.8 cm³/mol. The number of fused-ring (bicyclic) bond motifs is 2. The molecule has 2 bridgehead atoms. The molecule has 0 saturated carbocycles. The van der Waals surface area contributed by atoms with E-state index >= 15 is 0 Å². The molecule has 3 atom stereocenters.